The van der Waals surface area contributed by atoms with Gasteiger partial charge in [-0.2, -0.15) is 0 Å². The zero-order chi connectivity index (χ0) is 17.6. The fraction of sp³-hybridized carbons (Fsp3) is 0.391. The third-order valence-electron chi connectivity index (χ3n) is 5.19. The van der Waals surface area contributed by atoms with Crippen molar-refractivity contribution in [3.05, 3.63) is 83.1 Å². The number of piperazine rings is 1. The highest BCUT2D eigenvalue weighted by Crippen LogP contribution is 2.17. The van der Waals surface area contributed by atoms with Crippen LogP contribution in [0, 0.1) is 6.92 Å². The van der Waals surface area contributed by atoms with E-state index in [1.54, 1.807) is 0 Å². The maximum atomic E-state index is 4.07. The Hall–Kier alpha value is -2.06. The molecular weight excluding hydrogens is 304 g/mol. The van der Waals surface area contributed by atoms with Crippen LogP contribution in [0.4, 0.5) is 0 Å². The van der Waals surface area contributed by atoms with Gasteiger partial charge in [0.15, 0.2) is 0 Å². The summed E-state index contributed by atoms with van der Waals surface area (Å²) >= 11 is 0. The van der Waals surface area contributed by atoms with Crippen molar-refractivity contribution in [1.82, 2.24) is 9.80 Å². The molecule has 0 saturated carbocycles. The lowest BCUT2D eigenvalue weighted by molar-refractivity contribution is 0.153. The van der Waals surface area contributed by atoms with Gasteiger partial charge in [0, 0.05) is 38.4 Å². The molecule has 1 saturated heterocycles. The molecule has 1 aliphatic rings. The van der Waals surface area contributed by atoms with Crippen LogP contribution in [0.15, 0.2) is 60.8 Å². The molecular formula is C23H30N2. The largest absolute Gasteiger partial charge is 0.373 e. The van der Waals surface area contributed by atoms with Crippen LogP contribution in [0.25, 0.3) is 0 Å². The highest BCUT2D eigenvalue weighted by molar-refractivity contribution is 5.29. The maximum absolute atomic E-state index is 4.07. The first-order chi connectivity index (χ1) is 12.1. The molecule has 0 unspecified atom stereocenters. The Kier molecular flexibility index (Phi) is 5.93. The summed E-state index contributed by atoms with van der Waals surface area (Å²) in [6.07, 6.45) is 2.23. The van der Waals surface area contributed by atoms with Crippen molar-refractivity contribution in [2.75, 3.05) is 26.2 Å². The van der Waals surface area contributed by atoms with E-state index < -0.39 is 0 Å². The number of allylic oxidation sites excluding steroid dienone is 1. The van der Waals surface area contributed by atoms with Gasteiger partial charge in [0.25, 0.3) is 0 Å². The van der Waals surface area contributed by atoms with E-state index in [1.807, 2.05) is 0 Å². The molecule has 0 radical (unpaired) electrons. The molecule has 0 spiro atoms. The van der Waals surface area contributed by atoms with Gasteiger partial charge >= 0.3 is 0 Å². The highest BCUT2D eigenvalue weighted by atomic mass is 15.3. The Bertz CT molecular complexity index is 712. The van der Waals surface area contributed by atoms with Gasteiger partial charge in [-0.1, -0.05) is 60.7 Å². The second-order valence-corrected chi connectivity index (χ2v) is 7.26. The van der Waals surface area contributed by atoms with E-state index in [9.17, 15) is 0 Å². The molecule has 132 valence electrons. The fourth-order valence-corrected chi connectivity index (χ4v) is 3.63. The molecule has 0 amide bonds. The normalized spacial score (nSPS) is 15.4. The molecule has 1 aliphatic heterocycles. The second-order valence-electron chi connectivity index (χ2n) is 7.26. The van der Waals surface area contributed by atoms with E-state index in [0.717, 1.165) is 45.6 Å². The number of hydrogen-bond acceptors (Lipinski definition) is 2. The van der Waals surface area contributed by atoms with Crippen LogP contribution in [0.5, 0.6) is 0 Å². The lowest BCUT2D eigenvalue weighted by Gasteiger charge is -2.36. The first-order valence-corrected chi connectivity index (χ1v) is 9.37. The van der Waals surface area contributed by atoms with Gasteiger partial charge in [0.2, 0.25) is 0 Å². The number of benzene rings is 2. The number of nitrogens with zero attached hydrogens (tertiary/aromatic N) is 2. The Morgan fingerprint density at radius 2 is 1.64 bits per heavy atom. The van der Waals surface area contributed by atoms with Gasteiger partial charge in [-0.15, -0.1) is 0 Å². The summed E-state index contributed by atoms with van der Waals surface area (Å²) < 4.78 is 0. The lowest BCUT2D eigenvalue weighted by Crippen LogP contribution is -2.44. The average Bonchev–Trinajstić information content (AvgIpc) is 2.61. The molecule has 0 bridgehead atoms. The number of aryl methyl sites for hydroxylation is 3. The minimum atomic E-state index is 1.06. The third-order valence-corrected chi connectivity index (χ3v) is 5.19. The summed E-state index contributed by atoms with van der Waals surface area (Å²) in [6.45, 7) is 13.9. The average molecular weight is 335 g/mol. The molecule has 3 rings (SSSR count). The molecule has 1 fully saturated rings. The van der Waals surface area contributed by atoms with Crippen LogP contribution in [-0.2, 0) is 19.4 Å². The van der Waals surface area contributed by atoms with Crippen molar-refractivity contribution in [3.8, 4) is 0 Å². The second kappa shape index (κ2) is 8.35. The van der Waals surface area contributed by atoms with Crippen molar-refractivity contribution >= 4 is 0 Å². The molecule has 25 heavy (non-hydrogen) atoms. The standard InChI is InChI=1S/C23H30N2/c1-19(2)25-15-13-24(14-16-25)18-23-10-5-4-9-22(23)12-11-21-8-6-7-20(3)17-21/h4-10,17H,1,11-16,18H2,2-3H3. The first-order valence-electron chi connectivity index (χ1n) is 9.37. The summed E-state index contributed by atoms with van der Waals surface area (Å²) in [4.78, 5) is 4.96. The number of hydrogen-bond donors (Lipinski definition) is 0. The van der Waals surface area contributed by atoms with Crippen LogP contribution in [0.2, 0.25) is 0 Å². The monoisotopic (exact) mass is 334 g/mol. The summed E-state index contributed by atoms with van der Waals surface area (Å²) in [5.41, 5.74) is 6.95. The first kappa shape index (κ1) is 17.8. The van der Waals surface area contributed by atoms with E-state index in [0.29, 0.717) is 0 Å². The predicted molar refractivity (Wildman–Crippen MR) is 107 cm³/mol. The van der Waals surface area contributed by atoms with Crippen LogP contribution in [0.1, 0.15) is 29.2 Å². The van der Waals surface area contributed by atoms with Gasteiger partial charge in [-0.05, 0) is 43.4 Å². The Morgan fingerprint density at radius 1 is 0.920 bits per heavy atom. The lowest BCUT2D eigenvalue weighted by atomic mass is 9.98. The van der Waals surface area contributed by atoms with Gasteiger partial charge in [0.1, 0.15) is 0 Å². The fourth-order valence-electron chi connectivity index (χ4n) is 3.63. The van der Waals surface area contributed by atoms with Gasteiger partial charge in [-0.25, -0.2) is 0 Å². The van der Waals surface area contributed by atoms with E-state index in [4.69, 9.17) is 0 Å². The SMILES string of the molecule is C=C(C)N1CCN(Cc2ccccc2CCc2cccc(C)c2)CC1. The van der Waals surface area contributed by atoms with Gasteiger partial charge in [-0.3, -0.25) is 4.90 Å². The predicted octanol–water partition coefficient (Wildman–Crippen LogP) is 4.43. The molecule has 2 nitrogen and oxygen atoms in total. The maximum Gasteiger partial charge on any atom is 0.0303 e. The van der Waals surface area contributed by atoms with Crippen molar-refractivity contribution in [2.24, 2.45) is 0 Å². The van der Waals surface area contributed by atoms with Crippen LogP contribution in [-0.4, -0.2) is 36.0 Å². The van der Waals surface area contributed by atoms with Crippen LogP contribution < -0.4 is 0 Å². The van der Waals surface area contributed by atoms with Gasteiger partial charge in [0.05, 0.1) is 0 Å². The molecule has 0 aromatic heterocycles. The quantitative estimate of drug-likeness (QED) is 0.771. The summed E-state index contributed by atoms with van der Waals surface area (Å²) in [5.74, 6) is 0. The molecule has 2 aromatic carbocycles. The molecule has 1 heterocycles. The summed E-state index contributed by atoms with van der Waals surface area (Å²) in [6, 6.07) is 17.8. The highest BCUT2D eigenvalue weighted by Gasteiger charge is 2.17. The van der Waals surface area contributed by atoms with E-state index in [1.165, 1.54) is 28.0 Å². The van der Waals surface area contributed by atoms with E-state index in [2.05, 4.69) is 78.8 Å². The molecule has 2 aromatic rings. The number of rotatable bonds is 6. The van der Waals surface area contributed by atoms with E-state index >= 15 is 0 Å². The van der Waals surface area contributed by atoms with Gasteiger partial charge < -0.3 is 4.90 Å². The molecule has 0 atom stereocenters. The van der Waals surface area contributed by atoms with Crippen molar-refractivity contribution in [3.63, 3.8) is 0 Å². The zero-order valence-electron chi connectivity index (χ0n) is 15.7. The molecule has 2 heteroatoms. The Balaban J connectivity index is 1.60. The third kappa shape index (κ3) is 4.96. The van der Waals surface area contributed by atoms with Crippen LogP contribution >= 0.6 is 0 Å². The molecule has 0 aliphatic carbocycles. The zero-order valence-corrected chi connectivity index (χ0v) is 15.7. The van der Waals surface area contributed by atoms with Crippen molar-refractivity contribution < 1.29 is 0 Å². The minimum Gasteiger partial charge on any atom is -0.373 e. The van der Waals surface area contributed by atoms with E-state index in [-0.39, 0.29) is 0 Å². The topological polar surface area (TPSA) is 6.48 Å². The Labute approximate surface area is 152 Å². The van der Waals surface area contributed by atoms with Crippen molar-refractivity contribution in [1.29, 1.82) is 0 Å². The summed E-state index contributed by atoms with van der Waals surface area (Å²) in [5, 5.41) is 0. The Morgan fingerprint density at radius 3 is 2.32 bits per heavy atom. The van der Waals surface area contributed by atoms with Crippen LogP contribution in [0.3, 0.4) is 0 Å². The molecule has 0 N–H and O–H groups in total. The van der Waals surface area contributed by atoms with Crippen molar-refractivity contribution in [2.45, 2.75) is 33.2 Å². The smallest absolute Gasteiger partial charge is 0.0303 e. The minimum absolute atomic E-state index is 1.06. The summed E-state index contributed by atoms with van der Waals surface area (Å²) in [7, 11) is 0.